The Bertz CT molecular complexity index is 806. The van der Waals surface area contributed by atoms with Crippen molar-refractivity contribution >= 4 is 11.8 Å². The third kappa shape index (κ3) is 2.31. The molecule has 4 saturated carbocycles. The maximum Gasteiger partial charge on any atom is 0.273 e. The van der Waals surface area contributed by atoms with Crippen LogP contribution in [-0.2, 0) is 4.79 Å². The Morgan fingerprint density at radius 1 is 1.07 bits per heavy atom. The molecule has 5 fully saturated rings. The smallest absolute Gasteiger partial charge is 0.270 e. The van der Waals surface area contributed by atoms with E-state index in [1.54, 1.807) is 18.9 Å². The molecule has 1 saturated heterocycles. The van der Waals surface area contributed by atoms with Crippen LogP contribution in [0.3, 0.4) is 0 Å². The summed E-state index contributed by atoms with van der Waals surface area (Å²) in [4.78, 5) is 26.1. The van der Waals surface area contributed by atoms with Crippen LogP contribution in [-0.4, -0.2) is 39.1 Å². The molecule has 2 unspecified atom stereocenters. The van der Waals surface area contributed by atoms with Crippen molar-refractivity contribution in [3.8, 4) is 0 Å². The van der Waals surface area contributed by atoms with Gasteiger partial charge in [-0.25, -0.2) is 18.8 Å². The number of halogens is 2. The van der Waals surface area contributed by atoms with Crippen molar-refractivity contribution in [2.75, 3.05) is 0 Å². The van der Waals surface area contributed by atoms with E-state index in [1.165, 1.54) is 29.3 Å². The molecule has 0 aromatic heterocycles. The second-order valence-corrected chi connectivity index (χ2v) is 9.44. The maximum absolute atomic E-state index is 15.0. The van der Waals surface area contributed by atoms with Crippen LogP contribution in [0.5, 0.6) is 0 Å². The van der Waals surface area contributed by atoms with E-state index in [1.807, 2.05) is 0 Å². The van der Waals surface area contributed by atoms with Crippen LogP contribution in [0.15, 0.2) is 24.3 Å². The molecule has 6 rings (SSSR count). The van der Waals surface area contributed by atoms with Gasteiger partial charge in [0, 0.05) is 5.56 Å². The number of nitrogens with zero attached hydrogens (tertiary/aromatic N) is 2. The third-order valence-electron chi connectivity index (χ3n) is 7.19. The van der Waals surface area contributed by atoms with Crippen LogP contribution < -0.4 is 0 Å². The number of alkyl halides is 1. The van der Waals surface area contributed by atoms with Crippen LogP contribution >= 0.6 is 0 Å². The minimum atomic E-state index is -1.08. The Morgan fingerprint density at radius 3 is 2.22 bits per heavy atom. The highest BCUT2D eigenvalue weighted by Gasteiger charge is 2.65. The average Bonchev–Trinajstić information content (AvgIpc) is 2.58. The van der Waals surface area contributed by atoms with Gasteiger partial charge in [0.15, 0.2) is 0 Å². The Kier molecular flexibility index (Phi) is 3.36. The van der Waals surface area contributed by atoms with Gasteiger partial charge in [0.2, 0.25) is 0 Å². The summed E-state index contributed by atoms with van der Waals surface area (Å²) in [5, 5.41) is 3.14. The predicted molar refractivity (Wildman–Crippen MR) is 94.7 cm³/mol. The summed E-state index contributed by atoms with van der Waals surface area (Å²) in [6, 6.07) is 5.30. The Labute approximate surface area is 157 Å². The van der Waals surface area contributed by atoms with Gasteiger partial charge in [-0.1, -0.05) is 0 Å². The number of carbonyl (C=O) groups is 2. The first-order chi connectivity index (χ1) is 12.7. The van der Waals surface area contributed by atoms with Gasteiger partial charge in [0.05, 0.1) is 6.04 Å². The first kappa shape index (κ1) is 17.1. The predicted octanol–water partition coefficient (Wildman–Crippen LogP) is 3.72. The molecular weight excluding hydrogens is 350 g/mol. The van der Waals surface area contributed by atoms with Gasteiger partial charge in [0.1, 0.15) is 17.0 Å². The van der Waals surface area contributed by atoms with Crippen LogP contribution in [0, 0.1) is 23.6 Å². The molecule has 144 valence electrons. The van der Waals surface area contributed by atoms with Crippen LogP contribution in [0.25, 0.3) is 0 Å². The molecular formula is C21H24F2N2O2. The lowest BCUT2D eigenvalue weighted by atomic mass is 9.52. The molecule has 0 N–H and O–H groups in total. The van der Waals surface area contributed by atoms with Crippen LogP contribution in [0.2, 0.25) is 0 Å². The SMILES string of the molecule is CC1(C)C(=O)N(C2C3CC4CC2CC(F)(C4)C3)N1C(=O)c1ccc(F)cc1. The zero-order chi connectivity index (χ0) is 19.1. The topological polar surface area (TPSA) is 40.6 Å². The van der Waals surface area contributed by atoms with Gasteiger partial charge >= 0.3 is 0 Å². The van der Waals surface area contributed by atoms with Crippen molar-refractivity contribution in [2.45, 2.75) is 63.2 Å². The minimum absolute atomic E-state index is 0.0802. The second-order valence-electron chi connectivity index (χ2n) is 9.44. The molecule has 27 heavy (non-hydrogen) atoms. The van der Waals surface area contributed by atoms with E-state index in [9.17, 15) is 14.0 Å². The van der Waals surface area contributed by atoms with Crippen molar-refractivity contribution in [1.82, 2.24) is 10.0 Å². The summed E-state index contributed by atoms with van der Waals surface area (Å²) in [6.45, 7) is 3.47. The molecule has 0 spiro atoms. The first-order valence-electron chi connectivity index (χ1n) is 9.82. The molecule has 4 bridgehead atoms. The number of carbonyl (C=O) groups excluding carboxylic acids is 2. The van der Waals surface area contributed by atoms with E-state index >= 15 is 4.39 Å². The lowest BCUT2D eigenvalue weighted by Crippen LogP contribution is -2.81. The highest BCUT2D eigenvalue weighted by Crippen LogP contribution is 2.60. The van der Waals surface area contributed by atoms with Crippen molar-refractivity contribution < 1.29 is 18.4 Å². The summed E-state index contributed by atoms with van der Waals surface area (Å²) >= 11 is 0. The van der Waals surface area contributed by atoms with E-state index in [4.69, 9.17) is 0 Å². The van der Waals surface area contributed by atoms with Gasteiger partial charge in [0.25, 0.3) is 11.8 Å². The monoisotopic (exact) mass is 374 g/mol. The molecule has 2 amide bonds. The maximum atomic E-state index is 15.0. The number of benzene rings is 1. The Balaban J connectivity index is 1.47. The Morgan fingerprint density at radius 2 is 1.67 bits per heavy atom. The van der Waals surface area contributed by atoms with Crippen molar-refractivity contribution in [1.29, 1.82) is 0 Å². The molecule has 4 aliphatic carbocycles. The Hall–Kier alpha value is -1.98. The highest BCUT2D eigenvalue weighted by molar-refractivity contribution is 6.04. The largest absolute Gasteiger partial charge is 0.273 e. The van der Waals surface area contributed by atoms with Crippen LogP contribution in [0.4, 0.5) is 8.78 Å². The lowest BCUT2D eigenvalue weighted by Gasteiger charge is -2.65. The van der Waals surface area contributed by atoms with E-state index in [2.05, 4.69) is 0 Å². The number of hydrazine groups is 1. The van der Waals surface area contributed by atoms with Crippen molar-refractivity contribution in [3.05, 3.63) is 35.6 Å². The number of hydrogen-bond donors (Lipinski definition) is 0. The van der Waals surface area contributed by atoms with Gasteiger partial charge in [-0.05, 0) is 88.0 Å². The van der Waals surface area contributed by atoms with Crippen molar-refractivity contribution in [3.63, 3.8) is 0 Å². The van der Waals surface area contributed by atoms with E-state index in [0.29, 0.717) is 30.7 Å². The molecule has 1 aliphatic heterocycles. The quantitative estimate of drug-likeness (QED) is 0.792. The minimum Gasteiger partial charge on any atom is -0.270 e. The molecule has 1 aromatic carbocycles. The molecule has 2 atom stereocenters. The van der Waals surface area contributed by atoms with E-state index < -0.39 is 17.0 Å². The van der Waals surface area contributed by atoms with E-state index in [0.717, 1.165) is 12.8 Å². The molecule has 6 heteroatoms. The zero-order valence-electron chi connectivity index (χ0n) is 15.6. The highest BCUT2D eigenvalue weighted by atomic mass is 19.1. The first-order valence-corrected chi connectivity index (χ1v) is 9.82. The summed E-state index contributed by atoms with van der Waals surface area (Å²) in [6.07, 6.45) is 3.52. The summed E-state index contributed by atoms with van der Waals surface area (Å²) < 4.78 is 28.3. The average molecular weight is 374 g/mol. The normalized spacial score (nSPS) is 38.9. The van der Waals surface area contributed by atoms with Gasteiger partial charge in [-0.2, -0.15) is 0 Å². The van der Waals surface area contributed by atoms with Gasteiger partial charge in [-0.15, -0.1) is 0 Å². The molecule has 0 radical (unpaired) electrons. The lowest BCUT2D eigenvalue weighted by molar-refractivity contribution is -0.237. The number of rotatable bonds is 2. The van der Waals surface area contributed by atoms with E-state index in [-0.39, 0.29) is 29.7 Å². The molecule has 5 aliphatic rings. The van der Waals surface area contributed by atoms with Gasteiger partial charge < -0.3 is 0 Å². The fourth-order valence-corrected chi connectivity index (χ4v) is 6.32. The number of amides is 2. The second kappa shape index (κ2) is 5.30. The fraction of sp³-hybridized carbons (Fsp3) is 0.619. The molecule has 4 nitrogen and oxygen atoms in total. The standard InChI is InChI=1S/C21H24F2N2O2/c1-20(2)19(27)24(25(20)18(26)13-3-5-16(22)6-4-13)17-14-7-12-8-15(17)11-21(23,9-12)10-14/h3-6,12,14-15,17H,7-11H2,1-2H3. The summed E-state index contributed by atoms with van der Waals surface area (Å²) in [7, 11) is 0. The van der Waals surface area contributed by atoms with Gasteiger partial charge in [-0.3, -0.25) is 9.59 Å². The van der Waals surface area contributed by atoms with Crippen LogP contribution in [0.1, 0.15) is 56.3 Å². The third-order valence-corrected chi connectivity index (χ3v) is 7.19. The van der Waals surface area contributed by atoms with Crippen molar-refractivity contribution in [2.24, 2.45) is 17.8 Å². The molecule has 1 aromatic rings. The number of hydrogen-bond acceptors (Lipinski definition) is 2. The summed E-state index contributed by atoms with van der Waals surface area (Å²) in [5.41, 5.74) is -1.66. The zero-order valence-corrected chi connectivity index (χ0v) is 15.6. The summed E-state index contributed by atoms with van der Waals surface area (Å²) in [5.74, 6) is -0.146. The fourth-order valence-electron chi connectivity index (χ4n) is 6.32. The molecule has 1 heterocycles.